The number of amides is 1. The van der Waals surface area contributed by atoms with E-state index in [0.29, 0.717) is 5.56 Å². The van der Waals surface area contributed by atoms with E-state index < -0.39 is 0 Å². The Balaban J connectivity index is 1.38. The molecule has 0 bridgehead atoms. The summed E-state index contributed by atoms with van der Waals surface area (Å²) in [7, 11) is 0. The van der Waals surface area contributed by atoms with Crippen molar-refractivity contribution >= 4 is 17.7 Å². The Hall–Kier alpha value is -2.63. The first-order valence-corrected chi connectivity index (χ1v) is 10.3. The summed E-state index contributed by atoms with van der Waals surface area (Å²) >= 11 is 1.52. The average Bonchev–Trinajstić information content (AvgIpc) is 3.16. The van der Waals surface area contributed by atoms with Gasteiger partial charge in [-0.3, -0.25) is 9.69 Å². The highest BCUT2D eigenvalue weighted by Gasteiger charge is 2.25. The van der Waals surface area contributed by atoms with Crippen LogP contribution >= 0.6 is 11.8 Å². The van der Waals surface area contributed by atoms with E-state index in [1.54, 1.807) is 6.20 Å². The molecule has 142 valence electrons. The SMILES string of the molecule is O=C(N[C@H]1CCN(Cc2ccccc2)C1)c1cccnc1Sc1ccccc1. The van der Waals surface area contributed by atoms with Crippen LogP contribution in [0.2, 0.25) is 0 Å². The highest BCUT2D eigenvalue weighted by Crippen LogP contribution is 2.28. The molecule has 1 aliphatic heterocycles. The van der Waals surface area contributed by atoms with Crippen LogP contribution in [-0.2, 0) is 6.54 Å². The predicted molar refractivity (Wildman–Crippen MR) is 112 cm³/mol. The molecule has 0 saturated carbocycles. The average molecular weight is 390 g/mol. The third-order valence-electron chi connectivity index (χ3n) is 4.83. The molecule has 1 amide bonds. The lowest BCUT2D eigenvalue weighted by molar-refractivity contribution is 0.0934. The van der Waals surface area contributed by atoms with Crippen LogP contribution in [-0.4, -0.2) is 34.9 Å². The first-order chi connectivity index (χ1) is 13.8. The number of benzene rings is 2. The van der Waals surface area contributed by atoms with Gasteiger partial charge in [-0.25, -0.2) is 4.98 Å². The summed E-state index contributed by atoms with van der Waals surface area (Å²) in [4.78, 5) is 20.8. The molecule has 1 saturated heterocycles. The van der Waals surface area contributed by atoms with Crippen LogP contribution in [0.15, 0.2) is 88.9 Å². The lowest BCUT2D eigenvalue weighted by Crippen LogP contribution is -2.37. The highest BCUT2D eigenvalue weighted by atomic mass is 32.2. The van der Waals surface area contributed by atoms with Crippen molar-refractivity contribution in [2.45, 2.75) is 28.9 Å². The molecule has 1 atom stereocenters. The lowest BCUT2D eigenvalue weighted by atomic mass is 10.2. The van der Waals surface area contributed by atoms with Crippen LogP contribution < -0.4 is 5.32 Å². The molecule has 4 nitrogen and oxygen atoms in total. The fourth-order valence-electron chi connectivity index (χ4n) is 3.44. The van der Waals surface area contributed by atoms with Gasteiger partial charge in [0.2, 0.25) is 0 Å². The van der Waals surface area contributed by atoms with E-state index >= 15 is 0 Å². The second kappa shape index (κ2) is 9.04. The van der Waals surface area contributed by atoms with Crippen LogP contribution in [0.1, 0.15) is 22.3 Å². The van der Waals surface area contributed by atoms with E-state index in [1.165, 1.54) is 17.3 Å². The number of carbonyl (C=O) groups is 1. The first kappa shape index (κ1) is 18.7. The number of likely N-dealkylation sites (tertiary alicyclic amines) is 1. The van der Waals surface area contributed by atoms with Crippen molar-refractivity contribution in [2.75, 3.05) is 13.1 Å². The van der Waals surface area contributed by atoms with Crippen LogP contribution in [0.4, 0.5) is 0 Å². The highest BCUT2D eigenvalue weighted by molar-refractivity contribution is 7.99. The lowest BCUT2D eigenvalue weighted by Gasteiger charge is -2.17. The van der Waals surface area contributed by atoms with E-state index in [9.17, 15) is 4.79 Å². The Labute approximate surface area is 170 Å². The number of carbonyl (C=O) groups excluding carboxylic acids is 1. The van der Waals surface area contributed by atoms with Gasteiger partial charge in [0.05, 0.1) is 5.56 Å². The summed E-state index contributed by atoms with van der Waals surface area (Å²) in [6.07, 6.45) is 2.71. The van der Waals surface area contributed by atoms with Gasteiger partial charge in [0.1, 0.15) is 5.03 Å². The van der Waals surface area contributed by atoms with Crippen molar-refractivity contribution in [3.63, 3.8) is 0 Å². The number of pyridine rings is 1. The molecule has 2 aromatic carbocycles. The van der Waals surface area contributed by atoms with Gasteiger partial charge in [-0.15, -0.1) is 0 Å². The van der Waals surface area contributed by atoms with Crippen molar-refractivity contribution in [1.82, 2.24) is 15.2 Å². The maximum atomic E-state index is 12.9. The third kappa shape index (κ3) is 4.80. The first-order valence-electron chi connectivity index (χ1n) is 9.53. The van der Waals surface area contributed by atoms with Gasteiger partial charge in [0.25, 0.3) is 5.91 Å². The molecule has 1 aliphatic rings. The van der Waals surface area contributed by atoms with Crippen LogP contribution in [0.3, 0.4) is 0 Å². The minimum Gasteiger partial charge on any atom is -0.348 e. The maximum Gasteiger partial charge on any atom is 0.254 e. The summed E-state index contributed by atoms with van der Waals surface area (Å²) in [5.74, 6) is -0.0434. The van der Waals surface area contributed by atoms with Crippen molar-refractivity contribution in [1.29, 1.82) is 0 Å². The van der Waals surface area contributed by atoms with E-state index in [1.807, 2.05) is 48.5 Å². The van der Waals surface area contributed by atoms with Gasteiger partial charge in [-0.2, -0.15) is 0 Å². The molecule has 3 aromatic rings. The number of rotatable bonds is 6. The number of aromatic nitrogens is 1. The van der Waals surface area contributed by atoms with E-state index in [2.05, 4.69) is 39.5 Å². The molecule has 28 heavy (non-hydrogen) atoms. The van der Waals surface area contributed by atoms with Crippen molar-refractivity contribution < 1.29 is 4.79 Å². The van der Waals surface area contributed by atoms with Crippen molar-refractivity contribution in [3.05, 3.63) is 90.1 Å². The molecule has 0 spiro atoms. The van der Waals surface area contributed by atoms with E-state index in [0.717, 1.165) is 36.0 Å². The van der Waals surface area contributed by atoms with Gasteiger partial charge >= 0.3 is 0 Å². The molecule has 1 fully saturated rings. The standard InChI is InChI=1S/C23H23N3OS/c27-22(21-12-7-14-24-23(21)28-20-10-5-2-6-11-20)25-19-13-15-26(17-19)16-18-8-3-1-4-9-18/h1-12,14,19H,13,15-17H2,(H,25,27)/t19-/m0/s1. The van der Waals surface area contributed by atoms with E-state index in [-0.39, 0.29) is 11.9 Å². The summed E-state index contributed by atoms with van der Waals surface area (Å²) in [5, 5.41) is 3.94. The monoisotopic (exact) mass is 389 g/mol. The van der Waals surface area contributed by atoms with Crippen molar-refractivity contribution in [3.8, 4) is 0 Å². The zero-order valence-electron chi connectivity index (χ0n) is 15.6. The fraction of sp³-hybridized carbons (Fsp3) is 0.217. The van der Waals surface area contributed by atoms with Crippen LogP contribution in [0.5, 0.6) is 0 Å². The molecule has 4 rings (SSSR count). The maximum absolute atomic E-state index is 12.9. The molecular weight excluding hydrogens is 366 g/mol. The number of nitrogens with zero attached hydrogens (tertiary/aromatic N) is 2. The Bertz CT molecular complexity index is 917. The smallest absolute Gasteiger partial charge is 0.254 e. The summed E-state index contributed by atoms with van der Waals surface area (Å²) < 4.78 is 0. The summed E-state index contributed by atoms with van der Waals surface area (Å²) in [5.41, 5.74) is 1.95. The number of hydrogen-bond acceptors (Lipinski definition) is 4. The Morgan fingerprint density at radius 2 is 1.79 bits per heavy atom. The Morgan fingerprint density at radius 1 is 1.04 bits per heavy atom. The zero-order valence-corrected chi connectivity index (χ0v) is 16.4. The van der Waals surface area contributed by atoms with Gasteiger partial charge in [-0.05, 0) is 36.2 Å². The third-order valence-corrected chi connectivity index (χ3v) is 5.86. The molecule has 1 N–H and O–H groups in total. The summed E-state index contributed by atoms with van der Waals surface area (Å²) in [6, 6.07) is 24.3. The number of hydrogen-bond donors (Lipinski definition) is 1. The minimum atomic E-state index is -0.0434. The molecule has 1 aromatic heterocycles. The van der Waals surface area contributed by atoms with Crippen molar-refractivity contribution in [2.24, 2.45) is 0 Å². The molecule has 5 heteroatoms. The van der Waals surface area contributed by atoms with Gasteiger partial charge < -0.3 is 5.32 Å². The predicted octanol–water partition coefficient (Wildman–Crippen LogP) is 4.24. The topological polar surface area (TPSA) is 45.2 Å². The quantitative estimate of drug-likeness (QED) is 0.685. The molecule has 0 unspecified atom stereocenters. The minimum absolute atomic E-state index is 0.0434. The van der Waals surface area contributed by atoms with Gasteiger partial charge in [0.15, 0.2) is 0 Å². The van der Waals surface area contributed by atoms with Gasteiger partial charge in [0, 0.05) is 36.8 Å². The molecule has 2 heterocycles. The molecule has 0 radical (unpaired) electrons. The number of nitrogens with one attached hydrogen (secondary N) is 1. The van der Waals surface area contributed by atoms with Gasteiger partial charge in [-0.1, -0.05) is 60.3 Å². The molecule has 0 aliphatic carbocycles. The zero-order chi connectivity index (χ0) is 19.2. The second-order valence-corrected chi connectivity index (χ2v) is 8.01. The van der Waals surface area contributed by atoms with E-state index in [4.69, 9.17) is 0 Å². The second-order valence-electron chi connectivity index (χ2n) is 6.95. The molecular formula is C23H23N3OS. The Kier molecular flexibility index (Phi) is 6.04. The normalized spacial score (nSPS) is 16.8. The van der Waals surface area contributed by atoms with Crippen LogP contribution in [0, 0.1) is 0 Å². The van der Waals surface area contributed by atoms with Crippen LogP contribution in [0.25, 0.3) is 0 Å². The fourth-order valence-corrected chi connectivity index (χ4v) is 4.34. The Morgan fingerprint density at radius 3 is 2.57 bits per heavy atom. The summed E-state index contributed by atoms with van der Waals surface area (Å²) in [6.45, 7) is 2.80. The largest absolute Gasteiger partial charge is 0.348 e.